The fourth-order valence-corrected chi connectivity index (χ4v) is 4.67. The van der Waals surface area contributed by atoms with Crippen LogP contribution in [0.5, 0.6) is 0 Å². The number of carbonyl (C=O) groups is 1. The number of hydrogen-bond donors (Lipinski definition) is 1. The van der Waals surface area contributed by atoms with Crippen molar-refractivity contribution < 1.29 is 18.9 Å². The number of nitrogens with zero attached hydrogens (tertiary/aromatic N) is 3. The van der Waals surface area contributed by atoms with Gasteiger partial charge in [-0.15, -0.1) is 0 Å². The Bertz CT molecular complexity index is 946. The standard InChI is InChI=1S/C24H38N4O5Si/c1-23(2,3)33-22(29)26-18-14-19(16-32-34(7,8)24(4,5)6)27(15-18)21-13-17(11-12-25)9-10-20(21)28(30)31/h9-10,13,18-19H,11,14-16H2,1-8H3,(H,26,29)/t18-,19-/m0/s1. The summed E-state index contributed by atoms with van der Waals surface area (Å²) in [5, 5.41) is 23.9. The van der Waals surface area contributed by atoms with E-state index in [1.807, 2.05) is 4.90 Å². The van der Waals surface area contributed by atoms with Gasteiger partial charge in [0.2, 0.25) is 0 Å². The zero-order chi connectivity index (χ0) is 25.9. The zero-order valence-corrected chi connectivity index (χ0v) is 22.6. The van der Waals surface area contributed by atoms with Crippen molar-refractivity contribution in [2.75, 3.05) is 18.1 Å². The summed E-state index contributed by atoms with van der Waals surface area (Å²) in [6, 6.07) is 6.42. The average Bonchev–Trinajstić information content (AvgIpc) is 3.06. The Morgan fingerprint density at radius 3 is 2.47 bits per heavy atom. The Hall–Kier alpha value is -2.64. The molecular weight excluding hydrogens is 452 g/mol. The van der Waals surface area contributed by atoms with Crippen molar-refractivity contribution >= 4 is 25.8 Å². The molecule has 1 saturated heterocycles. The number of amides is 1. The predicted molar refractivity (Wildman–Crippen MR) is 134 cm³/mol. The third kappa shape index (κ3) is 7.18. The Labute approximate surface area is 203 Å². The van der Waals surface area contributed by atoms with Crippen molar-refractivity contribution in [2.45, 2.75) is 90.2 Å². The quantitative estimate of drug-likeness (QED) is 0.319. The van der Waals surface area contributed by atoms with Gasteiger partial charge < -0.3 is 19.4 Å². The van der Waals surface area contributed by atoms with Crippen molar-refractivity contribution in [3.8, 4) is 6.07 Å². The molecule has 1 aromatic rings. The molecule has 1 aliphatic heterocycles. The molecule has 9 nitrogen and oxygen atoms in total. The number of anilines is 1. The highest BCUT2D eigenvalue weighted by Crippen LogP contribution is 2.39. The van der Waals surface area contributed by atoms with Gasteiger partial charge >= 0.3 is 6.09 Å². The summed E-state index contributed by atoms with van der Waals surface area (Å²) in [4.78, 5) is 25.8. The van der Waals surface area contributed by atoms with Gasteiger partial charge in [-0.25, -0.2) is 4.79 Å². The van der Waals surface area contributed by atoms with Gasteiger partial charge in [-0.3, -0.25) is 10.1 Å². The molecule has 2 rings (SSSR count). The Kier molecular flexibility index (Phi) is 8.38. The first kappa shape index (κ1) is 27.6. The van der Waals surface area contributed by atoms with Crippen LogP contribution in [0.25, 0.3) is 0 Å². The van der Waals surface area contributed by atoms with Crippen LogP contribution in [-0.4, -0.2) is 50.2 Å². The number of hydrogen-bond acceptors (Lipinski definition) is 7. The summed E-state index contributed by atoms with van der Waals surface area (Å²) in [7, 11) is -2.06. The Morgan fingerprint density at radius 1 is 1.29 bits per heavy atom. The second kappa shape index (κ2) is 10.3. The highest BCUT2D eigenvalue weighted by atomic mass is 28.4. The normalized spacial score (nSPS) is 19.0. The van der Waals surface area contributed by atoms with E-state index < -0.39 is 24.9 Å². The van der Waals surface area contributed by atoms with E-state index in [2.05, 4.69) is 45.3 Å². The number of nitro benzene ring substituents is 1. The molecule has 0 aromatic heterocycles. The van der Waals surface area contributed by atoms with Crippen molar-refractivity contribution in [1.29, 1.82) is 5.26 Å². The molecule has 1 fully saturated rings. The monoisotopic (exact) mass is 490 g/mol. The van der Waals surface area contributed by atoms with E-state index in [0.717, 1.165) is 0 Å². The van der Waals surface area contributed by atoms with E-state index in [-0.39, 0.29) is 29.2 Å². The smallest absolute Gasteiger partial charge is 0.407 e. The SMILES string of the molecule is CC(C)(C)OC(=O)N[C@H]1C[C@@H](CO[Si](C)(C)C(C)(C)C)N(c2cc(CC#N)ccc2[N+](=O)[O-])C1. The molecule has 0 spiro atoms. The maximum Gasteiger partial charge on any atom is 0.407 e. The van der Waals surface area contributed by atoms with Crippen molar-refractivity contribution in [3.63, 3.8) is 0 Å². The summed E-state index contributed by atoms with van der Waals surface area (Å²) in [6.45, 7) is 17.0. The van der Waals surface area contributed by atoms with Crippen LogP contribution in [0.3, 0.4) is 0 Å². The molecule has 0 radical (unpaired) electrons. The predicted octanol–water partition coefficient (Wildman–Crippen LogP) is 5.15. The molecule has 188 valence electrons. The van der Waals surface area contributed by atoms with E-state index in [9.17, 15) is 14.9 Å². The molecule has 1 heterocycles. The van der Waals surface area contributed by atoms with E-state index >= 15 is 0 Å². The maximum absolute atomic E-state index is 12.4. The minimum Gasteiger partial charge on any atom is -0.444 e. The average molecular weight is 491 g/mol. The minimum absolute atomic E-state index is 0.0172. The second-order valence-electron chi connectivity index (χ2n) is 11.4. The molecule has 1 amide bonds. The lowest BCUT2D eigenvalue weighted by molar-refractivity contribution is -0.384. The van der Waals surface area contributed by atoms with Gasteiger partial charge in [-0.1, -0.05) is 26.8 Å². The van der Waals surface area contributed by atoms with E-state index in [1.54, 1.807) is 32.9 Å². The first-order chi connectivity index (χ1) is 15.5. The molecule has 0 unspecified atom stereocenters. The lowest BCUT2D eigenvalue weighted by atomic mass is 10.1. The third-order valence-electron chi connectivity index (χ3n) is 6.41. The molecule has 1 aliphatic rings. The fraction of sp³-hybridized carbons (Fsp3) is 0.667. The van der Waals surface area contributed by atoms with Gasteiger partial charge in [0, 0.05) is 12.6 Å². The van der Waals surface area contributed by atoms with Gasteiger partial charge in [0.1, 0.15) is 11.3 Å². The highest BCUT2D eigenvalue weighted by molar-refractivity contribution is 6.74. The van der Waals surface area contributed by atoms with Crippen LogP contribution in [0.2, 0.25) is 18.1 Å². The van der Waals surface area contributed by atoms with Crippen LogP contribution in [0.15, 0.2) is 18.2 Å². The molecular formula is C24H38N4O5Si. The van der Waals surface area contributed by atoms with Crippen LogP contribution in [-0.2, 0) is 15.6 Å². The number of nitrogens with one attached hydrogen (secondary N) is 1. The number of carbonyl (C=O) groups excluding carboxylic acids is 1. The van der Waals surface area contributed by atoms with Crippen LogP contribution in [0, 0.1) is 21.4 Å². The van der Waals surface area contributed by atoms with Crippen LogP contribution < -0.4 is 10.2 Å². The van der Waals surface area contributed by atoms with E-state index in [0.29, 0.717) is 30.8 Å². The number of nitro groups is 1. The summed E-state index contributed by atoms with van der Waals surface area (Å²) < 4.78 is 11.9. The molecule has 1 N–H and O–H groups in total. The van der Waals surface area contributed by atoms with Crippen LogP contribution in [0.1, 0.15) is 53.5 Å². The summed E-state index contributed by atoms with van der Waals surface area (Å²) in [5.41, 5.74) is 0.486. The van der Waals surface area contributed by atoms with Gasteiger partial charge in [-0.2, -0.15) is 5.26 Å². The lowest BCUT2D eigenvalue weighted by Crippen LogP contribution is -2.45. The topological polar surface area (TPSA) is 118 Å². The lowest BCUT2D eigenvalue weighted by Gasteiger charge is -2.38. The number of benzene rings is 1. The zero-order valence-electron chi connectivity index (χ0n) is 21.6. The highest BCUT2D eigenvalue weighted by Gasteiger charge is 2.41. The summed E-state index contributed by atoms with van der Waals surface area (Å²) in [6.07, 6.45) is 0.202. The third-order valence-corrected chi connectivity index (χ3v) is 10.9. The molecule has 2 atom stereocenters. The van der Waals surface area contributed by atoms with Gasteiger partial charge in [0.05, 0.1) is 36.1 Å². The van der Waals surface area contributed by atoms with Gasteiger partial charge in [0.15, 0.2) is 8.32 Å². The summed E-state index contributed by atoms with van der Waals surface area (Å²) >= 11 is 0. The van der Waals surface area contributed by atoms with Crippen LogP contribution >= 0.6 is 0 Å². The van der Waals surface area contributed by atoms with E-state index in [4.69, 9.17) is 14.4 Å². The largest absolute Gasteiger partial charge is 0.444 e. The van der Waals surface area contributed by atoms with Crippen LogP contribution in [0.4, 0.5) is 16.2 Å². The number of alkyl carbamates (subject to hydrolysis) is 1. The minimum atomic E-state index is -2.06. The molecule has 34 heavy (non-hydrogen) atoms. The molecule has 0 saturated carbocycles. The Balaban J connectivity index is 2.37. The fourth-order valence-electron chi connectivity index (χ4n) is 3.62. The molecule has 10 heteroatoms. The van der Waals surface area contributed by atoms with Crippen molar-refractivity contribution in [1.82, 2.24) is 5.32 Å². The number of rotatable bonds is 7. The second-order valence-corrected chi connectivity index (χ2v) is 16.2. The summed E-state index contributed by atoms with van der Waals surface area (Å²) in [5.74, 6) is 0. The first-order valence-electron chi connectivity index (χ1n) is 11.6. The molecule has 0 bridgehead atoms. The van der Waals surface area contributed by atoms with Crippen molar-refractivity contribution in [2.24, 2.45) is 0 Å². The van der Waals surface area contributed by atoms with Gasteiger partial charge in [-0.05, 0) is 57.0 Å². The molecule has 0 aliphatic carbocycles. The number of nitriles is 1. The van der Waals surface area contributed by atoms with Gasteiger partial charge in [0.25, 0.3) is 5.69 Å². The van der Waals surface area contributed by atoms with E-state index in [1.165, 1.54) is 6.07 Å². The molecule has 1 aromatic carbocycles. The van der Waals surface area contributed by atoms with Crippen molar-refractivity contribution in [3.05, 3.63) is 33.9 Å². The maximum atomic E-state index is 12.4. The number of ether oxygens (including phenoxy) is 1. The first-order valence-corrected chi connectivity index (χ1v) is 14.5. The Morgan fingerprint density at radius 2 is 1.94 bits per heavy atom.